The normalized spacial score (nSPS) is 12.2. The number of ether oxygens (including phenoxy) is 2. The van der Waals surface area contributed by atoms with E-state index in [2.05, 4.69) is 19.8 Å². The summed E-state index contributed by atoms with van der Waals surface area (Å²) in [4.78, 5) is 9.02. The topological polar surface area (TPSA) is 74.7 Å². The number of nitrogens with zero attached hydrogens (tertiary/aromatic N) is 4. The highest BCUT2D eigenvalue weighted by atomic mass is 32.1. The maximum atomic E-state index is 12.3. The predicted molar refractivity (Wildman–Crippen MR) is 77.1 cm³/mol. The molecule has 3 heterocycles. The van der Waals surface area contributed by atoms with Gasteiger partial charge in [0.2, 0.25) is 10.9 Å². The van der Waals surface area contributed by atoms with Crippen molar-refractivity contribution in [3.05, 3.63) is 24.4 Å². The maximum absolute atomic E-state index is 12.3. The molecule has 4 rings (SSSR count). The molecule has 24 heavy (non-hydrogen) atoms. The molecule has 0 atom stereocenters. The van der Waals surface area contributed by atoms with Gasteiger partial charge in [-0.1, -0.05) is 0 Å². The number of alkyl halides is 3. The minimum atomic E-state index is -4.76. The number of benzene rings is 1. The van der Waals surface area contributed by atoms with E-state index in [1.54, 1.807) is 6.20 Å². The van der Waals surface area contributed by atoms with E-state index in [0.29, 0.717) is 21.4 Å². The van der Waals surface area contributed by atoms with E-state index in [9.17, 15) is 13.2 Å². The first-order valence-corrected chi connectivity index (χ1v) is 7.30. The van der Waals surface area contributed by atoms with Crippen molar-refractivity contribution in [2.75, 3.05) is 7.11 Å². The summed E-state index contributed by atoms with van der Waals surface area (Å²) in [6.45, 7) is 0. The van der Waals surface area contributed by atoms with Crippen molar-refractivity contribution < 1.29 is 27.1 Å². The lowest BCUT2D eigenvalue weighted by Crippen LogP contribution is -2.16. The number of imidazole rings is 1. The Morgan fingerprint density at radius 2 is 2.08 bits per heavy atom. The van der Waals surface area contributed by atoms with Gasteiger partial charge in [-0.25, -0.2) is 14.5 Å². The Kier molecular flexibility index (Phi) is 3.13. The standard InChI is InChI=1S/C13H7F3N4O3S/c1-21-12-19-20-5-8(18-11(20)24-12)10-17-7-4-6(23-13(14,15)16)2-3-9(7)22-10/h2-5H,1H3. The zero-order chi connectivity index (χ0) is 16.9. The van der Waals surface area contributed by atoms with Gasteiger partial charge >= 0.3 is 6.36 Å². The lowest BCUT2D eigenvalue weighted by molar-refractivity contribution is -0.274. The van der Waals surface area contributed by atoms with Gasteiger partial charge in [0.05, 0.1) is 13.3 Å². The summed E-state index contributed by atoms with van der Waals surface area (Å²) >= 11 is 1.23. The summed E-state index contributed by atoms with van der Waals surface area (Å²) in [5.74, 6) is -0.196. The second-order valence-electron chi connectivity index (χ2n) is 4.62. The SMILES string of the molecule is COc1nn2cc(-c3nc4cc(OC(F)(F)F)ccc4o3)nc2s1. The first-order valence-electron chi connectivity index (χ1n) is 6.48. The third-order valence-electron chi connectivity index (χ3n) is 3.01. The summed E-state index contributed by atoms with van der Waals surface area (Å²) < 4.78 is 52.7. The van der Waals surface area contributed by atoms with Gasteiger partial charge < -0.3 is 13.9 Å². The lowest BCUT2D eigenvalue weighted by Gasteiger charge is -2.07. The maximum Gasteiger partial charge on any atom is 0.573 e. The van der Waals surface area contributed by atoms with Crippen molar-refractivity contribution in [2.24, 2.45) is 0 Å². The molecule has 0 fully saturated rings. The summed E-state index contributed by atoms with van der Waals surface area (Å²) in [6, 6.07) is 3.66. The Morgan fingerprint density at radius 3 is 2.79 bits per heavy atom. The number of methoxy groups -OCH3 is 1. The molecular formula is C13H7F3N4O3S. The van der Waals surface area contributed by atoms with Crippen molar-refractivity contribution in [3.8, 4) is 22.5 Å². The number of hydrogen-bond acceptors (Lipinski definition) is 7. The van der Waals surface area contributed by atoms with Crippen molar-refractivity contribution in [1.82, 2.24) is 19.6 Å². The first-order chi connectivity index (χ1) is 11.4. The Bertz CT molecular complexity index is 1000. The molecule has 0 spiro atoms. The van der Waals surface area contributed by atoms with Gasteiger partial charge in [-0.15, -0.1) is 18.3 Å². The minimum Gasteiger partial charge on any atom is -0.472 e. The zero-order valence-electron chi connectivity index (χ0n) is 11.9. The molecule has 11 heteroatoms. The van der Waals surface area contributed by atoms with Crippen LogP contribution in [0.5, 0.6) is 10.9 Å². The van der Waals surface area contributed by atoms with Crippen LogP contribution in [0.3, 0.4) is 0 Å². The van der Waals surface area contributed by atoms with E-state index in [-0.39, 0.29) is 17.2 Å². The van der Waals surface area contributed by atoms with Gasteiger partial charge in [0, 0.05) is 6.07 Å². The van der Waals surface area contributed by atoms with Crippen molar-refractivity contribution in [3.63, 3.8) is 0 Å². The molecule has 1 aromatic carbocycles. The van der Waals surface area contributed by atoms with E-state index in [0.717, 1.165) is 12.1 Å². The molecule has 7 nitrogen and oxygen atoms in total. The van der Waals surface area contributed by atoms with Crippen molar-refractivity contribution >= 4 is 27.4 Å². The van der Waals surface area contributed by atoms with Crippen LogP contribution in [0.2, 0.25) is 0 Å². The molecule has 3 aromatic heterocycles. The van der Waals surface area contributed by atoms with Crippen LogP contribution in [-0.2, 0) is 0 Å². The molecule has 0 saturated heterocycles. The fraction of sp³-hybridized carbons (Fsp3) is 0.154. The van der Waals surface area contributed by atoms with Crippen LogP contribution in [-0.4, -0.2) is 33.1 Å². The average Bonchev–Trinajstić information content (AvgIpc) is 3.16. The van der Waals surface area contributed by atoms with Crippen LogP contribution in [0, 0.1) is 0 Å². The highest BCUT2D eigenvalue weighted by Gasteiger charge is 2.31. The number of halogens is 3. The number of oxazole rings is 1. The monoisotopic (exact) mass is 356 g/mol. The van der Waals surface area contributed by atoms with Crippen LogP contribution in [0.4, 0.5) is 13.2 Å². The van der Waals surface area contributed by atoms with E-state index >= 15 is 0 Å². The average molecular weight is 356 g/mol. The van der Waals surface area contributed by atoms with Crippen LogP contribution >= 0.6 is 11.3 Å². The van der Waals surface area contributed by atoms with Gasteiger partial charge in [0.1, 0.15) is 17.0 Å². The smallest absolute Gasteiger partial charge is 0.472 e. The van der Waals surface area contributed by atoms with E-state index in [1.165, 1.54) is 29.0 Å². The fourth-order valence-corrected chi connectivity index (χ4v) is 2.78. The zero-order valence-corrected chi connectivity index (χ0v) is 12.7. The Morgan fingerprint density at radius 1 is 1.25 bits per heavy atom. The molecule has 4 aromatic rings. The molecule has 0 radical (unpaired) electrons. The third kappa shape index (κ3) is 2.62. The number of rotatable bonds is 3. The first kappa shape index (κ1) is 14.8. The van der Waals surface area contributed by atoms with E-state index in [1.807, 2.05) is 0 Å². The van der Waals surface area contributed by atoms with Gasteiger partial charge in [-0.3, -0.25) is 0 Å². The highest BCUT2D eigenvalue weighted by Crippen LogP contribution is 2.30. The molecule has 0 aliphatic heterocycles. The Labute approximate surface area is 135 Å². The van der Waals surface area contributed by atoms with Crippen LogP contribution in [0.25, 0.3) is 27.6 Å². The molecule has 0 bridgehead atoms. The van der Waals surface area contributed by atoms with E-state index < -0.39 is 6.36 Å². The molecule has 0 aliphatic carbocycles. The molecular weight excluding hydrogens is 349 g/mol. The molecule has 0 unspecified atom stereocenters. The second kappa shape index (κ2) is 5.09. The van der Waals surface area contributed by atoms with Gasteiger partial charge in [-0.05, 0) is 23.5 Å². The molecule has 0 amide bonds. The predicted octanol–water partition coefficient (Wildman–Crippen LogP) is 3.51. The fourth-order valence-electron chi connectivity index (χ4n) is 2.08. The van der Waals surface area contributed by atoms with Gasteiger partial charge in [-0.2, -0.15) is 0 Å². The summed E-state index contributed by atoms with van der Waals surface area (Å²) in [6.07, 6.45) is -3.18. The summed E-state index contributed by atoms with van der Waals surface area (Å²) in [5.41, 5.74) is 0.959. The van der Waals surface area contributed by atoms with Crippen molar-refractivity contribution in [2.45, 2.75) is 6.36 Å². The van der Waals surface area contributed by atoms with Crippen LogP contribution in [0.15, 0.2) is 28.8 Å². The highest BCUT2D eigenvalue weighted by molar-refractivity contribution is 7.18. The summed E-state index contributed by atoms with van der Waals surface area (Å²) in [7, 11) is 1.50. The lowest BCUT2D eigenvalue weighted by atomic mass is 10.3. The third-order valence-corrected chi connectivity index (χ3v) is 3.89. The molecule has 0 N–H and O–H groups in total. The second-order valence-corrected chi connectivity index (χ2v) is 5.54. The van der Waals surface area contributed by atoms with Gasteiger partial charge in [0.25, 0.3) is 5.19 Å². The Balaban J connectivity index is 1.71. The number of hydrogen-bond donors (Lipinski definition) is 0. The largest absolute Gasteiger partial charge is 0.573 e. The quantitative estimate of drug-likeness (QED) is 0.559. The number of fused-ring (bicyclic) bond motifs is 2. The molecule has 0 aliphatic rings. The molecule has 124 valence electrons. The van der Waals surface area contributed by atoms with E-state index in [4.69, 9.17) is 9.15 Å². The minimum absolute atomic E-state index is 0.172. The number of aromatic nitrogens is 4. The van der Waals surface area contributed by atoms with Crippen molar-refractivity contribution in [1.29, 1.82) is 0 Å². The Hall–Kier alpha value is -2.82. The summed E-state index contributed by atoms with van der Waals surface area (Å²) in [5, 5.41) is 4.58. The molecule has 0 saturated carbocycles. The van der Waals surface area contributed by atoms with Crippen LogP contribution < -0.4 is 9.47 Å². The van der Waals surface area contributed by atoms with Gasteiger partial charge in [0.15, 0.2) is 5.58 Å². The van der Waals surface area contributed by atoms with Crippen LogP contribution in [0.1, 0.15) is 0 Å².